The third kappa shape index (κ3) is 2.93. The van der Waals surface area contributed by atoms with Crippen LogP contribution in [0.15, 0.2) is 24.3 Å². The summed E-state index contributed by atoms with van der Waals surface area (Å²) in [4.78, 5) is 0. The minimum Gasteiger partial charge on any atom is -1.00 e. The molecule has 0 fully saturated rings. The molecule has 0 nitrogen and oxygen atoms in total. The molecule has 0 aliphatic heterocycles. The Kier molecular flexibility index (Phi) is 4.96. The second-order valence-corrected chi connectivity index (χ2v) is 4.45. The van der Waals surface area contributed by atoms with E-state index in [4.69, 9.17) is 0 Å². The van der Waals surface area contributed by atoms with Gasteiger partial charge < -0.3 is 12.4 Å². The Labute approximate surface area is 84.5 Å². The first kappa shape index (κ1) is 11.1. The number of hydrogen-bond acceptors (Lipinski definition) is 0. The quantitative estimate of drug-likeness (QED) is 0.532. The molecule has 1 aromatic rings. The molecule has 0 unspecified atom stereocenters. The molecular formula is C9H11ClZn. The standard InChI is InChI=1S/C9H11.ClH.Zn/c1-8(2)9-6-4-3-5-7-9;;/h3-6,8H,1-2H3;1H;/q;;+1/p-1. The molecule has 11 heavy (non-hydrogen) atoms. The van der Waals surface area contributed by atoms with E-state index >= 15 is 0 Å². The van der Waals surface area contributed by atoms with Crippen molar-refractivity contribution < 1.29 is 30.7 Å². The average molecular weight is 220 g/mol. The van der Waals surface area contributed by atoms with Gasteiger partial charge in [0.1, 0.15) is 0 Å². The second-order valence-electron chi connectivity index (χ2n) is 2.85. The van der Waals surface area contributed by atoms with Crippen molar-refractivity contribution in [2.24, 2.45) is 0 Å². The Balaban J connectivity index is 0.000001000. The van der Waals surface area contributed by atoms with Crippen molar-refractivity contribution >= 4 is 4.16 Å². The predicted octanol–water partition coefficient (Wildman–Crippen LogP) is -1.01. The summed E-state index contributed by atoms with van der Waals surface area (Å²) in [7, 11) is 0. The maximum absolute atomic E-state index is 2.24. The smallest absolute Gasteiger partial charge is 1.00 e. The Bertz CT molecular complexity index is 221. The van der Waals surface area contributed by atoms with Crippen LogP contribution in [0, 0.1) is 0 Å². The summed E-state index contributed by atoms with van der Waals surface area (Å²) >= 11 is 1.27. The van der Waals surface area contributed by atoms with Crippen molar-refractivity contribution in [1.29, 1.82) is 0 Å². The fourth-order valence-corrected chi connectivity index (χ4v) is 2.49. The molecule has 56 valence electrons. The van der Waals surface area contributed by atoms with Crippen molar-refractivity contribution in [2.45, 2.75) is 19.8 Å². The van der Waals surface area contributed by atoms with E-state index in [0.717, 1.165) is 0 Å². The van der Waals surface area contributed by atoms with E-state index in [1.807, 2.05) is 0 Å². The topological polar surface area (TPSA) is 0 Å². The van der Waals surface area contributed by atoms with Gasteiger partial charge in [-0.25, -0.2) is 0 Å². The zero-order valence-electron chi connectivity index (χ0n) is 6.97. The van der Waals surface area contributed by atoms with Gasteiger partial charge in [-0.05, 0) is 0 Å². The summed E-state index contributed by atoms with van der Waals surface area (Å²) in [5, 5.41) is 0. The van der Waals surface area contributed by atoms with Gasteiger partial charge in [0.2, 0.25) is 0 Å². The van der Waals surface area contributed by atoms with Gasteiger partial charge in [0.25, 0.3) is 0 Å². The molecule has 0 radical (unpaired) electrons. The predicted molar refractivity (Wildman–Crippen MR) is 40.2 cm³/mol. The Morgan fingerprint density at radius 3 is 2.09 bits per heavy atom. The third-order valence-electron chi connectivity index (χ3n) is 1.68. The van der Waals surface area contributed by atoms with Gasteiger partial charge in [0, 0.05) is 0 Å². The Morgan fingerprint density at radius 1 is 1.18 bits per heavy atom. The summed E-state index contributed by atoms with van der Waals surface area (Å²) < 4.78 is 1.53. The molecule has 0 saturated carbocycles. The fourth-order valence-electron chi connectivity index (χ4n) is 1.10. The van der Waals surface area contributed by atoms with Gasteiger partial charge in [-0.3, -0.25) is 0 Å². The number of rotatable bonds is 1. The molecule has 0 aliphatic carbocycles. The zero-order valence-corrected chi connectivity index (χ0v) is 10.7. The van der Waals surface area contributed by atoms with Crippen LogP contribution >= 0.6 is 0 Å². The zero-order chi connectivity index (χ0) is 7.56. The van der Waals surface area contributed by atoms with Crippen molar-refractivity contribution in [1.82, 2.24) is 0 Å². The minimum absolute atomic E-state index is 0. The number of benzene rings is 1. The molecule has 0 spiro atoms. The van der Waals surface area contributed by atoms with Crippen LogP contribution in [0.2, 0.25) is 0 Å². The van der Waals surface area contributed by atoms with Crippen LogP contribution in [-0.4, -0.2) is 0 Å². The molecule has 0 aromatic heterocycles. The van der Waals surface area contributed by atoms with Gasteiger partial charge in [0.15, 0.2) is 0 Å². The van der Waals surface area contributed by atoms with Crippen LogP contribution in [0.4, 0.5) is 0 Å². The van der Waals surface area contributed by atoms with Gasteiger partial charge in [-0.2, -0.15) is 0 Å². The molecule has 0 atom stereocenters. The minimum atomic E-state index is 0. The van der Waals surface area contributed by atoms with E-state index in [2.05, 4.69) is 38.1 Å². The monoisotopic (exact) mass is 218 g/mol. The molecule has 0 amide bonds. The summed E-state index contributed by atoms with van der Waals surface area (Å²) in [6, 6.07) is 8.68. The number of halogens is 1. The van der Waals surface area contributed by atoms with Crippen LogP contribution in [-0.2, 0) is 18.3 Å². The molecule has 1 aromatic carbocycles. The van der Waals surface area contributed by atoms with Crippen LogP contribution in [0.5, 0.6) is 0 Å². The largest absolute Gasteiger partial charge is 1.00 e. The fraction of sp³-hybridized carbons (Fsp3) is 0.333. The normalized spacial score (nSPS) is 9.55. The van der Waals surface area contributed by atoms with Crippen LogP contribution in [0.25, 0.3) is 0 Å². The van der Waals surface area contributed by atoms with Gasteiger partial charge >= 0.3 is 72.1 Å². The van der Waals surface area contributed by atoms with E-state index in [9.17, 15) is 0 Å². The average Bonchev–Trinajstić information content (AvgIpc) is 1.88. The summed E-state index contributed by atoms with van der Waals surface area (Å²) in [5.41, 5.74) is 1.52. The summed E-state index contributed by atoms with van der Waals surface area (Å²) in [5.74, 6) is 0.685. The van der Waals surface area contributed by atoms with Crippen LogP contribution in [0.1, 0.15) is 25.3 Å². The van der Waals surface area contributed by atoms with Crippen molar-refractivity contribution in [3.8, 4) is 0 Å². The second kappa shape index (κ2) is 4.90. The van der Waals surface area contributed by atoms with Crippen molar-refractivity contribution in [3.05, 3.63) is 29.8 Å². The first-order chi connectivity index (χ1) is 4.72. The summed E-state index contributed by atoms with van der Waals surface area (Å²) in [6.07, 6.45) is 0. The maximum atomic E-state index is 2.24. The Hall–Kier alpha value is 0.133. The van der Waals surface area contributed by atoms with E-state index in [1.165, 1.54) is 28.0 Å². The third-order valence-corrected chi connectivity index (χ3v) is 3.03. The number of hydrogen-bond donors (Lipinski definition) is 0. The molecule has 0 heterocycles. The van der Waals surface area contributed by atoms with E-state index in [0.29, 0.717) is 5.92 Å². The van der Waals surface area contributed by atoms with Gasteiger partial charge in [-0.1, -0.05) is 0 Å². The first-order valence-corrected chi connectivity index (χ1v) is 5.11. The van der Waals surface area contributed by atoms with Crippen LogP contribution < -0.4 is 16.6 Å². The molecule has 0 N–H and O–H groups in total. The molecule has 2 heteroatoms. The molecule has 0 aliphatic rings. The van der Waals surface area contributed by atoms with Crippen molar-refractivity contribution in [3.63, 3.8) is 0 Å². The van der Waals surface area contributed by atoms with E-state index in [-0.39, 0.29) is 12.4 Å². The summed E-state index contributed by atoms with van der Waals surface area (Å²) in [6.45, 7) is 4.49. The van der Waals surface area contributed by atoms with Gasteiger partial charge in [0.05, 0.1) is 0 Å². The first-order valence-electron chi connectivity index (χ1n) is 3.62. The maximum Gasteiger partial charge on any atom is -1.00 e. The van der Waals surface area contributed by atoms with E-state index < -0.39 is 0 Å². The molecule has 1 rings (SSSR count). The molecular weight excluding hydrogens is 209 g/mol. The SMILES string of the molecule is CC(C)c1cccc[c]1[Zn+].[Cl-]. The van der Waals surface area contributed by atoms with E-state index in [1.54, 1.807) is 0 Å². The Morgan fingerprint density at radius 2 is 1.73 bits per heavy atom. The molecule has 0 bridgehead atoms. The van der Waals surface area contributed by atoms with Gasteiger partial charge in [-0.15, -0.1) is 0 Å². The van der Waals surface area contributed by atoms with Crippen molar-refractivity contribution in [2.75, 3.05) is 0 Å². The molecule has 0 saturated heterocycles. The van der Waals surface area contributed by atoms with Crippen LogP contribution in [0.3, 0.4) is 0 Å².